The van der Waals surface area contributed by atoms with E-state index in [2.05, 4.69) is 5.32 Å². The van der Waals surface area contributed by atoms with Crippen LogP contribution in [-0.4, -0.2) is 18.9 Å². The molecule has 2 amide bonds. The molecule has 7 heteroatoms. The third-order valence-corrected chi connectivity index (χ3v) is 5.35. The normalized spacial score (nSPS) is 12.3. The summed E-state index contributed by atoms with van der Waals surface area (Å²) in [6.45, 7) is 1.40. The number of hydrogen-bond acceptors (Lipinski definition) is 4. The average molecular weight is 351 g/mol. The standard InChI is InChI=1S/C16H15ClN2O3S/c1-7(20)19-16-13(15(18)21)9-4-3-8-10(17)5-6-11(22-2)12(8)14(9)23-16/h5-6H,3-4H2,1-2H3,(H2,18,21)(H,19,20). The molecule has 1 aliphatic carbocycles. The van der Waals surface area contributed by atoms with Crippen LogP contribution in [0.25, 0.3) is 10.4 Å². The minimum absolute atomic E-state index is 0.246. The molecule has 1 aromatic carbocycles. The molecule has 0 unspecified atom stereocenters. The summed E-state index contributed by atoms with van der Waals surface area (Å²) >= 11 is 7.65. The van der Waals surface area contributed by atoms with E-state index in [1.807, 2.05) is 6.07 Å². The first kappa shape index (κ1) is 15.8. The summed E-state index contributed by atoms with van der Waals surface area (Å²) in [6.07, 6.45) is 1.33. The van der Waals surface area contributed by atoms with Crippen LogP contribution in [0.1, 0.15) is 28.4 Å². The zero-order chi connectivity index (χ0) is 16.7. The molecule has 1 aromatic heterocycles. The lowest BCUT2D eigenvalue weighted by Gasteiger charge is -2.20. The Morgan fingerprint density at radius 3 is 2.61 bits per heavy atom. The van der Waals surface area contributed by atoms with Crippen LogP contribution >= 0.6 is 22.9 Å². The third kappa shape index (κ3) is 2.58. The number of thiophene rings is 1. The number of carbonyl (C=O) groups excluding carboxylic acids is 2. The van der Waals surface area contributed by atoms with Crippen molar-refractivity contribution in [1.82, 2.24) is 0 Å². The Hall–Kier alpha value is -2.05. The second-order valence-electron chi connectivity index (χ2n) is 5.26. The highest BCUT2D eigenvalue weighted by molar-refractivity contribution is 7.20. The lowest BCUT2D eigenvalue weighted by molar-refractivity contribution is -0.114. The number of amides is 2. The average Bonchev–Trinajstić information content (AvgIpc) is 2.85. The molecule has 1 aliphatic rings. The number of anilines is 1. The van der Waals surface area contributed by atoms with E-state index in [0.717, 1.165) is 21.6 Å². The van der Waals surface area contributed by atoms with E-state index in [9.17, 15) is 9.59 Å². The number of halogens is 1. The molecule has 0 fully saturated rings. The molecule has 2 aromatic rings. The van der Waals surface area contributed by atoms with Crippen LogP contribution in [0.5, 0.6) is 5.75 Å². The van der Waals surface area contributed by atoms with Crippen LogP contribution < -0.4 is 15.8 Å². The minimum atomic E-state index is -0.546. The van der Waals surface area contributed by atoms with Gasteiger partial charge in [0, 0.05) is 22.4 Å². The molecule has 0 atom stereocenters. The van der Waals surface area contributed by atoms with Crippen molar-refractivity contribution in [3.05, 3.63) is 33.8 Å². The molecule has 0 saturated carbocycles. The molecular formula is C16H15ClN2O3S. The van der Waals surface area contributed by atoms with E-state index in [0.29, 0.717) is 34.2 Å². The van der Waals surface area contributed by atoms with Gasteiger partial charge in [-0.05, 0) is 36.1 Å². The number of rotatable bonds is 3. The highest BCUT2D eigenvalue weighted by atomic mass is 35.5. The minimum Gasteiger partial charge on any atom is -0.496 e. The Bertz CT molecular complexity index is 829. The Labute approximate surface area is 142 Å². The number of ether oxygens (including phenoxy) is 1. The van der Waals surface area contributed by atoms with Gasteiger partial charge >= 0.3 is 0 Å². The Morgan fingerprint density at radius 1 is 1.30 bits per heavy atom. The molecular weight excluding hydrogens is 336 g/mol. The van der Waals surface area contributed by atoms with Gasteiger partial charge in [0.2, 0.25) is 5.91 Å². The summed E-state index contributed by atoms with van der Waals surface area (Å²) in [5, 5.41) is 3.84. The summed E-state index contributed by atoms with van der Waals surface area (Å²) in [6, 6.07) is 3.61. The predicted octanol–water partition coefficient (Wildman–Crippen LogP) is 3.23. The first-order valence-electron chi connectivity index (χ1n) is 7.02. The largest absolute Gasteiger partial charge is 0.496 e. The van der Waals surface area contributed by atoms with Gasteiger partial charge in [0.05, 0.1) is 12.7 Å². The van der Waals surface area contributed by atoms with Gasteiger partial charge in [0.15, 0.2) is 0 Å². The van der Waals surface area contributed by atoms with Crippen LogP contribution in [-0.2, 0) is 17.6 Å². The van der Waals surface area contributed by atoms with Gasteiger partial charge in [-0.1, -0.05) is 11.6 Å². The molecule has 0 spiro atoms. The first-order valence-corrected chi connectivity index (χ1v) is 8.22. The van der Waals surface area contributed by atoms with E-state index in [4.69, 9.17) is 22.1 Å². The SMILES string of the molecule is COc1ccc(Cl)c2c1-c1sc(NC(C)=O)c(C(N)=O)c1CC2. The fourth-order valence-electron chi connectivity index (χ4n) is 2.93. The number of carbonyl (C=O) groups is 2. The molecule has 5 nitrogen and oxygen atoms in total. The molecule has 0 radical (unpaired) electrons. The number of methoxy groups -OCH3 is 1. The lowest BCUT2D eigenvalue weighted by Crippen LogP contribution is -2.17. The van der Waals surface area contributed by atoms with E-state index in [1.54, 1.807) is 13.2 Å². The molecule has 3 N–H and O–H groups in total. The van der Waals surface area contributed by atoms with Crippen LogP contribution in [0.4, 0.5) is 5.00 Å². The molecule has 120 valence electrons. The zero-order valence-electron chi connectivity index (χ0n) is 12.7. The van der Waals surface area contributed by atoms with Gasteiger partial charge in [-0.15, -0.1) is 11.3 Å². The van der Waals surface area contributed by atoms with Crippen LogP contribution in [0, 0.1) is 0 Å². The van der Waals surface area contributed by atoms with Crippen molar-refractivity contribution in [3.63, 3.8) is 0 Å². The summed E-state index contributed by atoms with van der Waals surface area (Å²) < 4.78 is 5.46. The Balaban J connectivity index is 2.29. The van der Waals surface area contributed by atoms with Crippen LogP contribution in [0.3, 0.4) is 0 Å². The third-order valence-electron chi connectivity index (χ3n) is 3.83. The highest BCUT2D eigenvalue weighted by Crippen LogP contribution is 2.50. The molecule has 1 heterocycles. The summed E-state index contributed by atoms with van der Waals surface area (Å²) in [5.74, 6) is -0.0999. The van der Waals surface area contributed by atoms with Gasteiger partial charge in [-0.2, -0.15) is 0 Å². The number of hydrogen-bond donors (Lipinski definition) is 2. The van der Waals surface area contributed by atoms with E-state index < -0.39 is 5.91 Å². The van der Waals surface area contributed by atoms with Crippen molar-refractivity contribution in [2.75, 3.05) is 12.4 Å². The van der Waals surface area contributed by atoms with Gasteiger partial charge in [-0.25, -0.2) is 0 Å². The molecule has 0 aliphatic heterocycles. The van der Waals surface area contributed by atoms with Gasteiger partial charge in [0.25, 0.3) is 5.91 Å². The maximum atomic E-state index is 11.9. The second-order valence-corrected chi connectivity index (χ2v) is 6.69. The van der Waals surface area contributed by atoms with Crippen LogP contribution in [0.2, 0.25) is 5.02 Å². The summed E-state index contributed by atoms with van der Waals surface area (Å²) in [5.41, 5.74) is 8.64. The van der Waals surface area contributed by atoms with E-state index >= 15 is 0 Å². The second kappa shape index (κ2) is 5.86. The van der Waals surface area contributed by atoms with E-state index in [1.165, 1.54) is 18.3 Å². The van der Waals surface area contributed by atoms with E-state index in [-0.39, 0.29) is 5.91 Å². The van der Waals surface area contributed by atoms with Crippen molar-refractivity contribution in [1.29, 1.82) is 0 Å². The predicted molar refractivity (Wildman–Crippen MR) is 91.5 cm³/mol. The molecule has 3 rings (SSSR count). The Morgan fingerprint density at radius 2 is 2.00 bits per heavy atom. The van der Waals surface area contributed by atoms with Crippen molar-refractivity contribution >= 4 is 39.8 Å². The monoisotopic (exact) mass is 350 g/mol. The highest BCUT2D eigenvalue weighted by Gasteiger charge is 2.30. The maximum absolute atomic E-state index is 11.9. The summed E-state index contributed by atoms with van der Waals surface area (Å²) in [7, 11) is 1.59. The van der Waals surface area contributed by atoms with Crippen molar-refractivity contribution in [3.8, 4) is 16.2 Å². The fraction of sp³-hybridized carbons (Fsp3) is 0.250. The fourth-order valence-corrected chi connectivity index (χ4v) is 4.56. The van der Waals surface area contributed by atoms with Crippen molar-refractivity contribution in [2.24, 2.45) is 5.73 Å². The van der Waals surface area contributed by atoms with Crippen molar-refractivity contribution in [2.45, 2.75) is 19.8 Å². The topological polar surface area (TPSA) is 81.4 Å². The number of benzene rings is 1. The molecule has 0 saturated heterocycles. The van der Waals surface area contributed by atoms with Gasteiger partial charge in [-0.3, -0.25) is 9.59 Å². The molecule has 0 bridgehead atoms. The smallest absolute Gasteiger partial charge is 0.252 e. The van der Waals surface area contributed by atoms with Crippen molar-refractivity contribution < 1.29 is 14.3 Å². The van der Waals surface area contributed by atoms with Gasteiger partial charge < -0.3 is 15.8 Å². The van der Waals surface area contributed by atoms with Gasteiger partial charge in [0.1, 0.15) is 10.8 Å². The quantitative estimate of drug-likeness (QED) is 0.891. The number of primary amides is 1. The first-order chi connectivity index (χ1) is 10.9. The summed E-state index contributed by atoms with van der Waals surface area (Å²) in [4.78, 5) is 24.2. The lowest BCUT2D eigenvalue weighted by atomic mass is 9.88. The number of nitrogens with two attached hydrogens (primary N) is 1. The molecule has 23 heavy (non-hydrogen) atoms. The zero-order valence-corrected chi connectivity index (χ0v) is 14.2. The van der Waals surface area contributed by atoms with Crippen LogP contribution in [0.15, 0.2) is 12.1 Å². The Kier molecular flexibility index (Phi) is 4.04. The number of fused-ring (bicyclic) bond motifs is 3. The maximum Gasteiger partial charge on any atom is 0.252 e. The number of nitrogens with one attached hydrogen (secondary N) is 1.